The highest BCUT2D eigenvalue weighted by Gasteiger charge is 2.67. The lowest BCUT2D eigenvalue weighted by molar-refractivity contribution is -0.0589. The highest BCUT2D eigenvalue weighted by atomic mass is 79.9. The van der Waals surface area contributed by atoms with Crippen LogP contribution < -0.4 is 5.73 Å². The van der Waals surface area contributed by atoms with Crippen molar-refractivity contribution in [3.05, 3.63) is 27.7 Å². The van der Waals surface area contributed by atoms with Gasteiger partial charge in [-0.1, -0.05) is 15.9 Å². The molecular weight excluding hydrogens is 284 g/mol. The number of nitrogens with two attached hydrogens (primary N) is 1. The second-order valence-electron chi connectivity index (χ2n) is 5.30. The zero-order valence-corrected chi connectivity index (χ0v) is 11.1. The van der Waals surface area contributed by atoms with Crippen LogP contribution in [0, 0.1) is 0 Å². The molecule has 0 saturated heterocycles. The van der Waals surface area contributed by atoms with Gasteiger partial charge in [0.25, 0.3) is 0 Å². The molecule has 3 fully saturated rings. The van der Waals surface area contributed by atoms with Gasteiger partial charge in [-0.15, -0.1) is 11.3 Å². The number of rotatable bonds is 1. The van der Waals surface area contributed by atoms with Crippen molar-refractivity contribution in [1.82, 2.24) is 4.98 Å². The first-order valence-electron chi connectivity index (χ1n) is 5.44. The normalized spacial score (nSPS) is 35.9. The molecule has 2 bridgehead atoms. The predicted octanol–water partition coefficient (Wildman–Crippen LogP) is 3.19. The molecule has 0 unspecified atom stereocenters. The smallest absolute Gasteiger partial charge is 0.100 e. The molecule has 2 N–H and O–H groups in total. The molecule has 3 aliphatic carbocycles. The molecule has 1 aromatic carbocycles. The molecule has 3 saturated carbocycles. The molecule has 2 aromatic rings. The summed E-state index contributed by atoms with van der Waals surface area (Å²) in [6.07, 6.45) is 3.42. The van der Waals surface area contributed by atoms with E-state index in [1.54, 1.807) is 0 Å². The number of fused-ring (bicyclic) bond motifs is 1. The standard InChI is InChI=1S/C12H11BrN2S/c13-7-1-2-8-9(3-7)16-10(15-8)11-4-12(14,5-11)6-11/h1-3H,4-6,14H2. The molecule has 0 spiro atoms. The maximum Gasteiger partial charge on any atom is 0.100 e. The van der Waals surface area contributed by atoms with Crippen molar-refractivity contribution in [3.63, 3.8) is 0 Å². The molecule has 0 amide bonds. The zero-order chi connectivity index (χ0) is 11.0. The lowest BCUT2D eigenvalue weighted by Crippen LogP contribution is -2.74. The first kappa shape index (κ1) is 9.57. The van der Waals surface area contributed by atoms with Gasteiger partial charge in [0.15, 0.2) is 0 Å². The van der Waals surface area contributed by atoms with Crippen molar-refractivity contribution in [2.45, 2.75) is 30.2 Å². The molecule has 82 valence electrons. The zero-order valence-electron chi connectivity index (χ0n) is 8.66. The highest BCUT2D eigenvalue weighted by molar-refractivity contribution is 9.10. The van der Waals surface area contributed by atoms with Crippen LogP contribution in [0.15, 0.2) is 22.7 Å². The van der Waals surface area contributed by atoms with Crippen molar-refractivity contribution in [1.29, 1.82) is 0 Å². The van der Waals surface area contributed by atoms with E-state index >= 15 is 0 Å². The van der Waals surface area contributed by atoms with Crippen LogP contribution in [0.3, 0.4) is 0 Å². The second-order valence-corrected chi connectivity index (χ2v) is 7.25. The number of nitrogens with zero attached hydrogens (tertiary/aromatic N) is 1. The van der Waals surface area contributed by atoms with Gasteiger partial charge >= 0.3 is 0 Å². The summed E-state index contributed by atoms with van der Waals surface area (Å²) in [6, 6.07) is 6.29. The number of halogens is 1. The van der Waals surface area contributed by atoms with Gasteiger partial charge in [-0.05, 0) is 37.5 Å². The number of aromatic nitrogens is 1. The Kier molecular flexibility index (Phi) is 1.60. The minimum atomic E-state index is 0.165. The van der Waals surface area contributed by atoms with Crippen LogP contribution in [-0.2, 0) is 5.41 Å². The van der Waals surface area contributed by atoms with Crippen LogP contribution in [-0.4, -0.2) is 10.5 Å². The highest BCUT2D eigenvalue weighted by Crippen LogP contribution is 2.67. The summed E-state index contributed by atoms with van der Waals surface area (Å²) in [5, 5.41) is 1.30. The largest absolute Gasteiger partial charge is 0.325 e. The Morgan fingerprint density at radius 3 is 2.75 bits per heavy atom. The molecule has 16 heavy (non-hydrogen) atoms. The van der Waals surface area contributed by atoms with E-state index in [9.17, 15) is 0 Å². The first-order valence-corrected chi connectivity index (χ1v) is 7.05. The van der Waals surface area contributed by atoms with E-state index in [4.69, 9.17) is 10.7 Å². The quantitative estimate of drug-likeness (QED) is 0.877. The van der Waals surface area contributed by atoms with E-state index in [0.717, 1.165) is 29.3 Å². The van der Waals surface area contributed by atoms with E-state index < -0.39 is 0 Å². The summed E-state index contributed by atoms with van der Waals surface area (Å²) in [7, 11) is 0. The summed E-state index contributed by atoms with van der Waals surface area (Å²) in [4.78, 5) is 4.76. The molecule has 0 radical (unpaired) electrons. The lowest BCUT2D eigenvalue weighted by Gasteiger charge is -2.68. The predicted molar refractivity (Wildman–Crippen MR) is 69.8 cm³/mol. The number of benzene rings is 1. The Bertz CT molecular complexity index is 584. The van der Waals surface area contributed by atoms with Gasteiger partial charge in [-0.2, -0.15) is 0 Å². The van der Waals surface area contributed by atoms with E-state index in [-0.39, 0.29) is 5.54 Å². The number of thiazole rings is 1. The summed E-state index contributed by atoms with van der Waals surface area (Å²) in [5.41, 5.74) is 7.74. The monoisotopic (exact) mass is 294 g/mol. The summed E-state index contributed by atoms with van der Waals surface area (Å²) in [5.74, 6) is 0. The number of hydrogen-bond donors (Lipinski definition) is 1. The molecule has 2 nitrogen and oxygen atoms in total. The van der Waals surface area contributed by atoms with Gasteiger partial charge in [-0.3, -0.25) is 0 Å². The topological polar surface area (TPSA) is 38.9 Å². The second kappa shape index (κ2) is 2.68. The molecule has 0 atom stereocenters. The SMILES string of the molecule is NC12CC(c3nc4ccc(Br)cc4s3)(C1)C2. The molecule has 1 aromatic heterocycles. The van der Waals surface area contributed by atoms with Gasteiger partial charge in [0, 0.05) is 15.4 Å². The summed E-state index contributed by atoms with van der Waals surface area (Å²) in [6.45, 7) is 0. The molecule has 0 aliphatic heterocycles. The van der Waals surface area contributed by atoms with E-state index in [1.807, 2.05) is 11.3 Å². The van der Waals surface area contributed by atoms with Crippen LogP contribution in [0.25, 0.3) is 10.2 Å². The van der Waals surface area contributed by atoms with Gasteiger partial charge in [0.1, 0.15) is 5.01 Å². The lowest BCUT2D eigenvalue weighted by atomic mass is 9.40. The van der Waals surface area contributed by atoms with Crippen LogP contribution in [0.4, 0.5) is 0 Å². The Balaban J connectivity index is 1.82. The maximum absolute atomic E-state index is 6.10. The molecule has 1 heterocycles. The van der Waals surface area contributed by atoms with Crippen LogP contribution in [0.1, 0.15) is 24.3 Å². The Morgan fingerprint density at radius 1 is 1.31 bits per heavy atom. The van der Waals surface area contributed by atoms with Crippen molar-refractivity contribution in [2.75, 3.05) is 0 Å². The third kappa shape index (κ3) is 1.08. The first-order chi connectivity index (χ1) is 7.59. The van der Waals surface area contributed by atoms with Crippen molar-refractivity contribution < 1.29 is 0 Å². The Labute approximate surface area is 106 Å². The van der Waals surface area contributed by atoms with Gasteiger partial charge < -0.3 is 5.73 Å². The van der Waals surface area contributed by atoms with Crippen LogP contribution in [0.2, 0.25) is 0 Å². The molecule has 3 aliphatic rings. The Hall–Kier alpha value is -0.450. The minimum absolute atomic E-state index is 0.165. The maximum atomic E-state index is 6.10. The van der Waals surface area contributed by atoms with E-state index in [1.165, 1.54) is 9.71 Å². The minimum Gasteiger partial charge on any atom is -0.325 e. The summed E-state index contributed by atoms with van der Waals surface area (Å²) < 4.78 is 2.41. The third-order valence-corrected chi connectivity index (χ3v) is 5.63. The molecular formula is C12H11BrN2S. The van der Waals surface area contributed by atoms with Gasteiger partial charge in [-0.25, -0.2) is 4.98 Å². The van der Waals surface area contributed by atoms with E-state index in [2.05, 4.69) is 34.1 Å². The van der Waals surface area contributed by atoms with Crippen molar-refractivity contribution in [2.24, 2.45) is 5.73 Å². The molecule has 5 rings (SSSR count). The fraction of sp³-hybridized carbons (Fsp3) is 0.417. The van der Waals surface area contributed by atoms with E-state index in [0.29, 0.717) is 5.41 Å². The average Bonchev–Trinajstić information content (AvgIpc) is 2.53. The van der Waals surface area contributed by atoms with Gasteiger partial charge in [0.05, 0.1) is 10.2 Å². The number of hydrogen-bond acceptors (Lipinski definition) is 3. The van der Waals surface area contributed by atoms with Gasteiger partial charge in [0.2, 0.25) is 0 Å². The fourth-order valence-corrected chi connectivity index (χ4v) is 4.92. The Morgan fingerprint density at radius 2 is 2.06 bits per heavy atom. The molecule has 4 heteroatoms. The fourth-order valence-electron chi connectivity index (χ4n) is 3.22. The van der Waals surface area contributed by atoms with Crippen molar-refractivity contribution in [3.8, 4) is 0 Å². The van der Waals surface area contributed by atoms with Crippen LogP contribution in [0.5, 0.6) is 0 Å². The van der Waals surface area contributed by atoms with Crippen LogP contribution >= 0.6 is 27.3 Å². The third-order valence-electron chi connectivity index (χ3n) is 3.88. The average molecular weight is 295 g/mol. The summed E-state index contributed by atoms with van der Waals surface area (Å²) >= 11 is 5.33. The van der Waals surface area contributed by atoms with Crippen molar-refractivity contribution >= 4 is 37.5 Å².